The second-order valence-electron chi connectivity index (χ2n) is 5.13. The first-order valence-electron chi connectivity index (χ1n) is 5.16. The van der Waals surface area contributed by atoms with Gasteiger partial charge in [-0.2, -0.15) is 0 Å². The number of ether oxygens (including phenoxy) is 2. The first-order valence-corrected chi connectivity index (χ1v) is 5.16. The van der Waals surface area contributed by atoms with Crippen molar-refractivity contribution in [2.24, 2.45) is 0 Å². The third kappa shape index (κ3) is 8.48. The summed E-state index contributed by atoms with van der Waals surface area (Å²) in [6.07, 6.45) is 0.151. The minimum absolute atomic E-state index is 0.245. The zero-order valence-corrected chi connectivity index (χ0v) is 10.3. The summed E-state index contributed by atoms with van der Waals surface area (Å²) in [4.78, 5) is 0. The lowest BCUT2D eigenvalue weighted by Crippen LogP contribution is -2.35. The Morgan fingerprint density at radius 1 is 1.14 bits per heavy atom. The molecule has 0 heterocycles. The normalized spacial score (nSPS) is 15.6. The van der Waals surface area contributed by atoms with E-state index in [0.717, 1.165) is 0 Å². The van der Waals surface area contributed by atoms with E-state index in [1.165, 1.54) is 0 Å². The molecule has 0 spiro atoms. The van der Waals surface area contributed by atoms with Crippen molar-refractivity contribution >= 4 is 0 Å². The minimum atomic E-state index is -0.759. The van der Waals surface area contributed by atoms with E-state index in [0.29, 0.717) is 13.0 Å². The molecule has 0 aromatic rings. The predicted octanol–water partition coefficient (Wildman–Crippen LogP) is 2.33. The Kier molecular flexibility index (Phi) is 5.06. The van der Waals surface area contributed by atoms with Crippen molar-refractivity contribution in [3.8, 4) is 0 Å². The van der Waals surface area contributed by atoms with Gasteiger partial charge in [0.2, 0.25) is 0 Å². The summed E-state index contributed by atoms with van der Waals surface area (Å²) in [5.41, 5.74) is -1.00. The molecule has 0 aliphatic rings. The van der Waals surface area contributed by atoms with Crippen LogP contribution in [-0.4, -0.2) is 29.2 Å². The summed E-state index contributed by atoms with van der Waals surface area (Å²) in [5, 5.41) is 9.65. The predicted molar refractivity (Wildman–Crippen MR) is 57.2 cm³/mol. The third-order valence-corrected chi connectivity index (χ3v) is 1.50. The SMILES string of the molecule is CCOC(CC(C)(C)O)OC(C)(C)C. The summed E-state index contributed by atoms with van der Waals surface area (Å²) in [5.74, 6) is 0. The Morgan fingerprint density at radius 3 is 1.93 bits per heavy atom. The van der Waals surface area contributed by atoms with Crippen LogP contribution >= 0.6 is 0 Å². The highest BCUT2D eigenvalue weighted by atomic mass is 16.7. The maximum absolute atomic E-state index is 9.65. The van der Waals surface area contributed by atoms with Gasteiger partial charge in [-0.25, -0.2) is 0 Å². The molecule has 0 aliphatic carbocycles. The Labute approximate surface area is 87.4 Å². The van der Waals surface area contributed by atoms with Gasteiger partial charge in [-0.3, -0.25) is 0 Å². The van der Waals surface area contributed by atoms with E-state index in [1.54, 1.807) is 13.8 Å². The average Bonchev–Trinajstić information content (AvgIpc) is 1.78. The average molecular weight is 204 g/mol. The first kappa shape index (κ1) is 13.9. The molecule has 1 unspecified atom stereocenters. The van der Waals surface area contributed by atoms with Crippen LogP contribution in [0.4, 0.5) is 0 Å². The number of hydrogen-bond acceptors (Lipinski definition) is 3. The molecule has 1 N–H and O–H groups in total. The Hall–Kier alpha value is -0.120. The quantitative estimate of drug-likeness (QED) is 0.698. The van der Waals surface area contributed by atoms with E-state index in [-0.39, 0.29) is 11.9 Å². The molecule has 0 aromatic heterocycles. The van der Waals surface area contributed by atoms with E-state index in [4.69, 9.17) is 9.47 Å². The molecule has 0 rings (SSSR count). The molecule has 0 bridgehead atoms. The zero-order chi connectivity index (χ0) is 11.4. The van der Waals surface area contributed by atoms with Crippen LogP contribution in [-0.2, 0) is 9.47 Å². The zero-order valence-electron chi connectivity index (χ0n) is 10.3. The molecule has 0 aliphatic heterocycles. The third-order valence-electron chi connectivity index (χ3n) is 1.50. The number of aliphatic hydroxyl groups is 1. The van der Waals surface area contributed by atoms with Gasteiger partial charge in [0, 0.05) is 13.0 Å². The highest BCUT2D eigenvalue weighted by Crippen LogP contribution is 2.19. The van der Waals surface area contributed by atoms with Crippen molar-refractivity contribution in [2.45, 2.75) is 65.5 Å². The fraction of sp³-hybridized carbons (Fsp3) is 1.00. The molecule has 86 valence electrons. The van der Waals surface area contributed by atoms with Gasteiger partial charge in [-0.15, -0.1) is 0 Å². The van der Waals surface area contributed by atoms with Crippen LogP contribution in [0.25, 0.3) is 0 Å². The van der Waals surface area contributed by atoms with Crippen LogP contribution in [0.3, 0.4) is 0 Å². The largest absolute Gasteiger partial charge is 0.390 e. The summed E-state index contributed by atoms with van der Waals surface area (Å²) >= 11 is 0. The Bertz CT molecular complexity index is 137. The molecule has 3 heteroatoms. The molecular formula is C11H24O3. The van der Waals surface area contributed by atoms with Gasteiger partial charge in [-0.1, -0.05) is 0 Å². The van der Waals surface area contributed by atoms with Gasteiger partial charge < -0.3 is 14.6 Å². The Morgan fingerprint density at radius 2 is 1.64 bits per heavy atom. The van der Waals surface area contributed by atoms with E-state index in [1.807, 2.05) is 27.7 Å². The van der Waals surface area contributed by atoms with Crippen LogP contribution < -0.4 is 0 Å². The lowest BCUT2D eigenvalue weighted by Gasteiger charge is -2.30. The van der Waals surface area contributed by atoms with Crippen molar-refractivity contribution in [3.63, 3.8) is 0 Å². The van der Waals surface area contributed by atoms with Crippen molar-refractivity contribution in [2.75, 3.05) is 6.61 Å². The molecule has 0 amide bonds. The molecule has 0 fully saturated rings. The monoisotopic (exact) mass is 204 g/mol. The summed E-state index contributed by atoms with van der Waals surface area (Å²) < 4.78 is 11.1. The molecule has 0 aromatic carbocycles. The van der Waals surface area contributed by atoms with Gasteiger partial charge in [0.05, 0.1) is 11.2 Å². The fourth-order valence-corrected chi connectivity index (χ4v) is 1.12. The van der Waals surface area contributed by atoms with Gasteiger partial charge in [0.1, 0.15) is 0 Å². The molecule has 0 saturated heterocycles. The molecule has 0 saturated carbocycles. The van der Waals surface area contributed by atoms with Crippen LogP contribution in [0.1, 0.15) is 48.0 Å². The maximum Gasteiger partial charge on any atom is 0.160 e. The molecule has 0 radical (unpaired) electrons. The van der Waals surface area contributed by atoms with E-state index < -0.39 is 5.60 Å². The topological polar surface area (TPSA) is 38.7 Å². The van der Waals surface area contributed by atoms with Crippen LogP contribution in [0, 0.1) is 0 Å². The second kappa shape index (κ2) is 5.10. The second-order valence-corrected chi connectivity index (χ2v) is 5.13. The Balaban J connectivity index is 4.16. The van der Waals surface area contributed by atoms with E-state index in [2.05, 4.69) is 0 Å². The van der Waals surface area contributed by atoms with Crippen molar-refractivity contribution in [3.05, 3.63) is 0 Å². The van der Waals surface area contributed by atoms with E-state index >= 15 is 0 Å². The van der Waals surface area contributed by atoms with Gasteiger partial charge >= 0.3 is 0 Å². The van der Waals surface area contributed by atoms with E-state index in [9.17, 15) is 5.11 Å². The molecule has 3 nitrogen and oxygen atoms in total. The van der Waals surface area contributed by atoms with Gasteiger partial charge in [0.25, 0.3) is 0 Å². The van der Waals surface area contributed by atoms with Crippen LogP contribution in [0.2, 0.25) is 0 Å². The molecule has 1 atom stereocenters. The van der Waals surface area contributed by atoms with Crippen LogP contribution in [0.15, 0.2) is 0 Å². The first-order chi connectivity index (χ1) is 6.14. The fourth-order valence-electron chi connectivity index (χ4n) is 1.12. The van der Waals surface area contributed by atoms with Crippen molar-refractivity contribution < 1.29 is 14.6 Å². The lowest BCUT2D eigenvalue weighted by atomic mass is 10.1. The van der Waals surface area contributed by atoms with Crippen molar-refractivity contribution in [1.29, 1.82) is 0 Å². The van der Waals surface area contributed by atoms with Crippen molar-refractivity contribution in [1.82, 2.24) is 0 Å². The number of hydrogen-bond donors (Lipinski definition) is 1. The standard InChI is InChI=1S/C11H24O3/c1-7-13-9(8-11(5,6)12)14-10(2,3)4/h9,12H,7-8H2,1-6H3. The molecule has 14 heavy (non-hydrogen) atoms. The smallest absolute Gasteiger partial charge is 0.160 e. The molecular weight excluding hydrogens is 180 g/mol. The highest BCUT2D eigenvalue weighted by Gasteiger charge is 2.25. The summed E-state index contributed by atoms with van der Waals surface area (Å²) in [6.45, 7) is 12.0. The minimum Gasteiger partial charge on any atom is -0.390 e. The van der Waals surface area contributed by atoms with Gasteiger partial charge in [0.15, 0.2) is 6.29 Å². The van der Waals surface area contributed by atoms with Crippen LogP contribution in [0.5, 0.6) is 0 Å². The van der Waals surface area contributed by atoms with Gasteiger partial charge in [-0.05, 0) is 41.5 Å². The highest BCUT2D eigenvalue weighted by molar-refractivity contribution is 4.70. The summed E-state index contributed by atoms with van der Waals surface area (Å²) in [7, 11) is 0. The number of rotatable bonds is 5. The summed E-state index contributed by atoms with van der Waals surface area (Å²) in [6, 6.07) is 0. The lowest BCUT2D eigenvalue weighted by molar-refractivity contribution is -0.211. The maximum atomic E-state index is 9.65.